The van der Waals surface area contributed by atoms with Crippen LogP contribution in [0, 0.1) is 0 Å². The maximum Gasteiger partial charge on any atom is 0.418 e. The Morgan fingerprint density at radius 1 is 1.29 bits per heavy atom. The molecule has 134 valence electrons. The van der Waals surface area contributed by atoms with E-state index in [4.69, 9.17) is 4.74 Å². The fourth-order valence-corrected chi connectivity index (χ4v) is 2.98. The molecule has 0 radical (unpaired) electrons. The zero-order chi connectivity index (χ0) is 17.7. The fourth-order valence-electron chi connectivity index (χ4n) is 2.98. The van der Waals surface area contributed by atoms with E-state index in [0.29, 0.717) is 32.5 Å². The normalized spacial score (nSPS) is 16.3. The minimum absolute atomic E-state index is 0.0345. The molecule has 4 nitrogen and oxygen atoms in total. The van der Waals surface area contributed by atoms with Gasteiger partial charge in [-0.25, -0.2) is 0 Å². The molecular weight excluding hydrogens is 321 g/mol. The number of hydrogen-bond acceptors (Lipinski definition) is 3. The van der Waals surface area contributed by atoms with Crippen molar-refractivity contribution in [3.8, 4) is 0 Å². The summed E-state index contributed by atoms with van der Waals surface area (Å²) in [6, 6.07) is 5.67. The van der Waals surface area contributed by atoms with Crippen LogP contribution >= 0.6 is 0 Å². The van der Waals surface area contributed by atoms with Gasteiger partial charge in [-0.15, -0.1) is 0 Å². The molecule has 0 N–H and O–H groups in total. The Morgan fingerprint density at radius 2 is 1.92 bits per heavy atom. The minimum Gasteiger partial charge on any atom is -0.372 e. The van der Waals surface area contributed by atoms with Crippen molar-refractivity contribution >= 4 is 11.6 Å². The van der Waals surface area contributed by atoms with Crippen molar-refractivity contribution in [1.29, 1.82) is 0 Å². The fraction of sp³-hybridized carbons (Fsp3) is 0.588. The molecule has 7 heteroatoms. The van der Waals surface area contributed by atoms with Crippen molar-refractivity contribution in [2.24, 2.45) is 0 Å². The van der Waals surface area contributed by atoms with E-state index in [0.717, 1.165) is 6.07 Å². The van der Waals surface area contributed by atoms with E-state index in [1.54, 1.807) is 22.9 Å². The molecule has 0 aromatic heterocycles. The van der Waals surface area contributed by atoms with Gasteiger partial charge in [-0.05, 0) is 31.9 Å². The summed E-state index contributed by atoms with van der Waals surface area (Å²) in [5.41, 5.74) is -0.393. The molecule has 1 amide bonds. The third kappa shape index (κ3) is 4.41. The first-order chi connectivity index (χ1) is 11.3. The average Bonchev–Trinajstić information content (AvgIpc) is 2.58. The van der Waals surface area contributed by atoms with Gasteiger partial charge in [0.25, 0.3) is 0 Å². The zero-order valence-corrected chi connectivity index (χ0v) is 14.0. The molecule has 1 aromatic rings. The third-order valence-electron chi connectivity index (χ3n) is 4.39. The molecule has 0 spiro atoms. The van der Waals surface area contributed by atoms with Gasteiger partial charge in [0, 0.05) is 38.5 Å². The van der Waals surface area contributed by atoms with Gasteiger partial charge in [0.2, 0.25) is 5.91 Å². The van der Waals surface area contributed by atoms with Gasteiger partial charge in [-0.3, -0.25) is 4.79 Å². The summed E-state index contributed by atoms with van der Waals surface area (Å²) in [4.78, 5) is 15.4. The van der Waals surface area contributed by atoms with Crippen LogP contribution in [0.5, 0.6) is 0 Å². The Hall–Kier alpha value is -1.76. The molecule has 1 heterocycles. The first kappa shape index (κ1) is 18.6. The van der Waals surface area contributed by atoms with E-state index in [9.17, 15) is 18.0 Å². The molecular formula is C17H23F3N2O2. The number of halogens is 3. The summed E-state index contributed by atoms with van der Waals surface area (Å²) < 4.78 is 44.5. The van der Waals surface area contributed by atoms with Gasteiger partial charge in [0.15, 0.2) is 0 Å². The average molecular weight is 344 g/mol. The summed E-state index contributed by atoms with van der Waals surface area (Å²) in [7, 11) is 1.73. The van der Waals surface area contributed by atoms with Gasteiger partial charge in [-0.2, -0.15) is 13.2 Å². The third-order valence-corrected chi connectivity index (χ3v) is 4.39. The van der Waals surface area contributed by atoms with Crippen LogP contribution in [-0.2, 0) is 15.7 Å². The second-order valence-electron chi connectivity index (χ2n) is 5.87. The highest BCUT2D eigenvalue weighted by Crippen LogP contribution is 2.37. The predicted octanol–water partition coefficient (Wildman–Crippen LogP) is 3.17. The van der Waals surface area contributed by atoms with E-state index < -0.39 is 11.7 Å². The number of piperidine rings is 1. The standard InChI is InChI=1S/C17H23F3N2O2/c1-3-24-12-16(23)21(2)13-8-10-22(11-9-13)15-7-5-4-6-14(15)17(18,19)20/h4-7,13H,3,8-12H2,1-2H3. The molecule has 1 fully saturated rings. The van der Waals surface area contributed by atoms with Crippen LogP contribution < -0.4 is 4.90 Å². The van der Waals surface area contributed by atoms with Crippen LogP contribution in [0.15, 0.2) is 24.3 Å². The van der Waals surface area contributed by atoms with E-state index >= 15 is 0 Å². The lowest BCUT2D eigenvalue weighted by Gasteiger charge is -2.38. The quantitative estimate of drug-likeness (QED) is 0.823. The molecule has 0 unspecified atom stereocenters. The summed E-state index contributed by atoms with van der Waals surface area (Å²) in [5.74, 6) is -0.0917. The topological polar surface area (TPSA) is 32.8 Å². The summed E-state index contributed by atoms with van der Waals surface area (Å²) >= 11 is 0. The number of carbonyl (C=O) groups is 1. The molecule has 24 heavy (non-hydrogen) atoms. The van der Waals surface area contributed by atoms with Gasteiger partial charge in [0.05, 0.1) is 5.56 Å². The number of ether oxygens (including phenoxy) is 1. The number of hydrogen-bond donors (Lipinski definition) is 0. The summed E-state index contributed by atoms with van der Waals surface area (Å²) in [5, 5.41) is 0. The maximum atomic E-state index is 13.1. The lowest BCUT2D eigenvalue weighted by atomic mass is 10.0. The van der Waals surface area contributed by atoms with Crippen molar-refractivity contribution in [3.05, 3.63) is 29.8 Å². The summed E-state index contributed by atoms with van der Waals surface area (Å²) in [6.45, 7) is 3.33. The van der Waals surface area contributed by atoms with Gasteiger partial charge >= 0.3 is 6.18 Å². The highest BCUT2D eigenvalue weighted by atomic mass is 19.4. The van der Waals surface area contributed by atoms with Crippen molar-refractivity contribution < 1.29 is 22.7 Å². The molecule has 0 saturated carbocycles. The second-order valence-corrected chi connectivity index (χ2v) is 5.87. The maximum absolute atomic E-state index is 13.1. The van der Waals surface area contributed by atoms with Crippen molar-refractivity contribution in [1.82, 2.24) is 4.90 Å². The highest BCUT2D eigenvalue weighted by molar-refractivity contribution is 5.77. The molecule has 0 aliphatic carbocycles. The lowest BCUT2D eigenvalue weighted by Crippen LogP contribution is -2.47. The summed E-state index contributed by atoms with van der Waals surface area (Å²) in [6.07, 6.45) is -3.08. The van der Waals surface area contributed by atoms with Crippen LogP contribution in [0.4, 0.5) is 18.9 Å². The van der Waals surface area contributed by atoms with Gasteiger partial charge in [0.1, 0.15) is 6.61 Å². The number of amides is 1. The number of rotatable bonds is 5. The minimum atomic E-state index is -4.36. The van der Waals surface area contributed by atoms with Crippen molar-refractivity contribution in [2.45, 2.75) is 32.0 Å². The number of anilines is 1. The van der Waals surface area contributed by atoms with Gasteiger partial charge < -0.3 is 14.5 Å². The zero-order valence-electron chi connectivity index (χ0n) is 14.0. The molecule has 1 aliphatic heterocycles. The van der Waals surface area contributed by atoms with Gasteiger partial charge in [-0.1, -0.05) is 12.1 Å². The smallest absolute Gasteiger partial charge is 0.372 e. The van der Waals surface area contributed by atoms with E-state index in [-0.39, 0.29) is 24.2 Å². The second kappa shape index (κ2) is 7.88. The SMILES string of the molecule is CCOCC(=O)N(C)C1CCN(c2ccccc2C(F)(F)F)CC1. The molecule has 0 atom stereocenters. The van der Waals surface area contributed by atoms with Crippen LogP contribution in [0.25, 0.3) is 0 Å². The Balaban J connectivity index is 2.00. The number of carbonyl (C=O) groups excluding carboxylic acids is 1. The molecule has 1 aliphatic rings. The van der Waals surface area contributed by atoms with Crippen molar-refractivity contribution in [2.75, 3.05) is 38.3 Å². The largest absolute Gasteiger partial charge is 0.418 e. The number of alkyl halides is 3. The van der Waals surface area contributed by atoms with E-state index in [1.807, 2.05) is 6.92 Å². The van der Waals surface area contributed by atoms with Crippen LogP contribution in [-0.4, -0.2) is 50.2 Å². The first-order valence-electron chi connectivity index (χ1n) is 8.09. The Bertz CT molecular complexity index is 555. The molecule has 1 aromatic carbocycles. The monoisotopic (exact) mass is 344 g/mol. The number of likely N-dealkylation sites (N-methyl/N-ethyl adjacent to an activating group) is 1. The Labute approximate surface area is 140 Å². The van der Waals surface area contributed by atoms with Crippen LogP contribution in [0.2, 0.25) is 0 Å². The first-order valence-corrected chi connectivity index (χ1v) is 8.09. The number of para-hydroxylation sites is 1. The Kier molecular flexibility index (Phi) is 6.10. The predicted molar refractivity (Wildman–Crippen MR) is 85.9 cm³/mol. The lowest BCUT2D eigenvalue weighted by molar-refractivity contribution is -0.137. The Morgan fingerprint density at radius 3 is 2.50 bits per heavy atom. The molecule has 0 bridgehead atoms. The number of nitrogens with zero attached hydrogens (tertiary/aromatic N) is 2. The van der Waals surface area contributed by atoms with Crippen LogP contribution in [0.1, 0.15) is 25.3 Å². The highest BCUT2D eigenvalue weighted by Gasteiger charge is 2.35. The van der Waals surface area contributed by atoms with Crippen LogP contribution in [0.3, 0.4) is 0 Å². The van der Waals surface area contributed by atoms with E-state index in [1.165, 1.54) is 12.1 Å². The van der Waals surface area contributed by atoms with E-state index in [2.05, 4.69) is 0 Å². The van der Waals surface area contributed by atoms with Crippen molar-refractivity contribution in [3.63, 3.8) is 0 Å². The number of benzene rings is 1. The molecule has 1 saturated heterocycles. The molecule has 2 rings (SSSR count).